The lowest BCUT2D eigenvalue weighted by atomic mass is 9.57. The predicted molar refractivity (Wildman–Crippen MR) is 87.7 cm³/mol. The number of fused-ring (bicyclic) bond motifs is 3. The van der Waals surface area contributed by atoms with E-state index in [1.54, 1.807) is 4.90 Å². The van der Waals surface area contributed by atoms with Crippen LogP contribution < -0.4 is 4.90 Å². The summed E-state index contributed by atoms with van der Waals surface area (Å²) in [4.78, 5) is 1.71. The summed E-state index contributed by atoms with van der Waals surface area (Å²) in [5.41, 5.74) is 1.21. The predicted octanol–water partition coefficient (Wildman–Crippen LogP) is 1.99. The number of rotatable bonds is 3. The summed E-state index contributed by atoms with van der Waals surface area (Å²) in [5, 5.41) is 12.0. The van der Waals surface area contributed by atoms with E-state index in [2.05, 4.69) is 24.3 Å². The molecule has 0 spiro atoms. The average molecular weight is 294 g/mol. The number of benzene rings is 2. The van der Waals surface area contributed by atoms with Crippen LogP contribution in [0.15, 0.2) is 60.7 Å². The van der Waals surface area contributed by atoms with E-state index in [0.29, 0.717) is 0 Å². The Bertz CT molecular complexity index is 576. The van der Waals surface area contributed by atoms with Gasteiger partial charge in [0.2, 0.25) is 0 Å². The fourth-order valence-electron chi connectivity index (χ4n) is 4.68. The zero-order valence-corrected chi connectivity index (χ0v) is 13.0. The standard InChI is InChI=1S/C20H23NO/c22-20(17-7-3-1-4-8-17,18-9-5-2-6-10-18)19-11-14-21(15-12-19)16-13-19/h1-10,22H,11-16H2/p+1. The van der Waals surface area contributed by atoms with E-state index >= 15 is 0 Å². The number of piperidine rings is 3. The highest BCUT2D eigenvalue weighted by atomic mass is 16.3. The summed E-state index contributed by atoms with van der Waals surface area (Å²) >= 11 is 0. The van der Waals surface area contributed by atoms with Crippen LogP contribution in [0.2, 0.25) is 0 Å². The molecule has 3 aliphatic rings. The van der Waals surface area contributed by atoms with Crippen LogP contribution in [0.25, 0.3) is 0 Å². The van der Waals surface area contributed by atoms with Crippen molar-refractivity contribution >= 4 is 0 Å². The van der Waals surface area contributed by atoms with Crippen LogP contribution in [0.4, 0.5) is 0 Å². The van der Waals surface area contributed by atoms with Gasteiger partial charge in [0.15, 0.2) is 0 Å². The molecule has 2 heteroatoms. The third-order valence-corrected chi connectivity index (χ3v) is 6.02. The van der Waals surface area contributed by atoms with E-state index in [9.17, 15) is 5.11 Å². The minimum atomic E-state index is -0.874. The fraction of sp³-hybridized carbons (Fsp3) is 0.400. The molecule has 0 radical (unpaired) electrons. The molecule has 2 N–H and O–H groups in total. The second kappa shape index (κ2) is 5.22. The highest BCUT2D eigenvalue weighted by Crippen LogP contribution is 2.53. The second-order valence-electron chi connectivity index (χ2n) is 6.97. The van der Waals surface area contributed by atoms with Crippen LogP contribution in [0.5, 0.6) is 0 Å². The molecule has 3 aliphatic heterocycles. The van der Waals surface area contributed by atoms with Crippen LogP contribution in [-0.4, -0.2) is 24.7 Å². The molecule has 2 aromatic rings. The van der Waals surface area contributed by atoms with Crippen molar-refractivity contribution in [2.24, 2.45) is 5.41 Å². The van der Waals surface area contributed by atoms with Gasteiger partial charge in [0.05, 0.1) is 19.6 Å². The Labute approximate surface area is 132 Å². The Morgan fingerprint density at radius 2 is 1.14 bits per heavy atom. The topological polar surface area (TPSA) is 24.7 Å². The van der Waals surface area contributed by atoms with Crippen LogP contribution in [0.1, 0.15) is 30.4 Å². The molecule has 2 bridgehead atoms. The molecule has 0 amide bonds. The van der Waals surface area contributed by atoms with Gasteiger partial charge in [-0.2, -0.15) is 0 Å². The van der Waals surface area contributed by atoms with Gasteiger partial charge in [-0.15, -0.1) is 0 Å². The third kappa shape index (κ3) is 1.94. The summed E-state index contributed by atoms with van der Waals surface area (Å²) in [6.07, 6.45) is 3.34. The maximum atomic E-state index is 12.0. The van der Waals surface area contributed by atoms with Gasteiger partial charge in [-0.25, -0.2) is 0 Å². The molecule has 3 saturated heterocycles. The maximum Gasteiger partial charge on any atom is 0.121 e. The molecule has 0 atom stereocenters. The first-order valence-electron chi connectivity index (χ1n) is 8.42. The summed E-state index contributed by atoms with van der Waals surface area (Å²) in [7, 11) is 0. The number of nitrogens with one attached hydrogen (secondary N) is 1. The van der Waals surface area contributed by atoms with Gasteiger partial charge in [-0.1, -0.05) is 60.7 Å². The van der Waals surface area contributed by atoms with E-state index in [-0.39, 0.29) is 5.41 Å². The first-order chi connectivity index (χ1) is 10.7. The molecule has 0 aliphatic carbocycles. The van der Waals surface area contributed by atoms with Crippen molar-refractivity contribution in [3.63, 3.8) is 0 Å². The van der Waals surface area contributed by atoms with Crippen LogP contribution in [-0.2, 0) is 5.60 Å². The first kappa shape index (κ1) is 14.0. The Kier molecular flexibility index (Phi) is 3.32. The molecule has 3 heterocycles. The zero-order chi connectivity index (χ0) is 15.0. The highest BCUT2D eigenvalue weighted by Gasteiger charge is 2.57. The molecular weight excluding hydrogens is 270 g/mol. The van der Waals surface area contributed by atoms with Crippen molar-refractivity contribution in [2.45, 2.75) is 24.9 Å². The largest absolute Gasteiger partial charge is 0.380 e. The average Bonchev–Trinajstić information content (AvgIpc) is 2.64. The van der Waals surface area contributed by atoms with E-state index in [1.165, 1.54) is 19.6 Å². The SMILES string of the molecule is OC(c1ccccc1)(c1ccccc1)C12CC[NH+](CC1)CC2. The van der Waals surface area contributed by atoms with E-state index < -0.39 is 5.60 Å². The Balaban J connectivity index is 1.89. The first-order valence-corrected chi connectivity index (χ1v) is 8.42. The quantitative estimate of drug-likeness (QED) is 0.889. The van der Waals surface area contributed by atoms with Crippen molar-refractivity contribution in [3.8, 4) is 0 Å². The van der Waals surface area contributed by atoms with Gasteiger partial charge < -0.3 is 10.0 Å². The minimum Gasteiger partial charge on any atom is -0.380 e. The molecule has 2 nitrogen and oxygen atoms in total. The molecule has 0 unspecified atom stereocenters. The number of quaternary nitrogens is 1. The van der Waals surface area contributed by atoms with Crippen LogP contribution in [0, 0.1) is 5.41 Å². The second-order valence-corrected chi connectivity index (χ2v) is 6.97. The molecule has 0 aromatic heterocycles. The number of aliphatic hydroxyl groups is 1. The lowest BCUT2D eigenvalue weighted by Gasteiger charge is -2.54. The van der Waals surface area contributed by atoms with E-state index in [0.717, 1.165) is 30.4 Å². The van der Waals surface area contributed by atoms with Crippen LogP contribution in [0.3, 0.4) is 0 Å². The third-order valence-electron chi connectivity index (χ3n) is 6.02. The molecule has 3 fully saturated rings. The molecule has 0 saturated carbocycles. The summed E-state index contributed by atoms with van der Waals surface area (Å²) < 4.78 is 0. The van der Waals surface area contributed by atoms with Crippen molar-refractivity contribution in [3.05, 3.63) is 71.8 Å². The highest BCUT2D eigenvalue weighted by molar-refractivity contribution is 5.39. The molecule has 22 heavy (non-hydrogen) atoms. The van der Waals surface area contributed by atoms with Gasteiger partial charge in [0, 0.05) is 24.7 Å². The smallest absolute Gasteiger partial charge is 0.121 e. The van der Waals surface area contributed by atoms with Crippen molar-refractivity contribution in [1.82, 2.24) is 0 Å². The van der Waals surface area contributed by atoms with Crippen LogP contribution >= 0.6 is 0 Å². The van der Waals surface area contributed by atoms with Gasteiger partial charge in [-0.3, -0.25) is 0 Å². The van der Waals surface area contributed by atoms with Crippen molar-refractivity contribution in [2.75, 3.05) is 19.6 Å². The molecule has 5 rings (SSSR count). The maximum absolute atomic E-state index is 12.0. The lowest BCUT2D eigenvalue weighted by Crippen LogP contribution is -3.15. The Hall–Kier alpha value is -1.64. The van der Waals surface area contributed by atoms with Gasteiger partial charge >= 0.3 is 0 Å². The number of hydrogen-bond acceptors (Lipinski definition) is 1. The molecule has 114 valence electrons. The molecular formula is C20H24NO+. The Morgan fingerprint density at radius 1 is 0.727 bits per heavy atom. The van der Waals surface area contributed by atoms with E-state index in [1.807, 2.05) is 36.4 Å². The summed E-state index contributed by atoms with van der Waals surface area (Å²) in [6, 6.07) is 20.6. The van der Waals surface area contributed by atoms with Crippen molar-refractivity contribution in [1.29, 1.82) is 0 Å². The van der Waals surface area contributed by atoms with Gasteiger partial charge in [-0.05, 0) is 11.1 Å². The summed E-state index contributed by atoms with van der Waals surface area (Å²) in [5.74, 6) is 0. The number of hydrogen-bond donors (Lipinski definition) is 2. The minimum absolute atomic E-state index is 0.0164. The van der Waals surface area contributed by atoms with E-state index in [4.69, 9.17) is 0 Å². The Morgan fingerprint density at radius 3 is 1.55 bits per heavy atom. The van der Waals surface area contributed by atoms with Crippen molar-refractivity contribution < 1.29 is 10.0 Å². The molecule has 2 aromatic carbocycles. The van der Waals surface area contributed by atoms with Gasteiger partial charge in [0.25, 0.3) is 0 Å². The normalized spacial score (nSPS) is 27.8. The zero-order valence-electron chi connectivity index (χ0n) is 13.0. The van der Waals surface area contributed by atoms with Gasteiger partial charge in [0.1, 0.15) is 5.60 Å². The monoisotopic (exact) mass is 294 g/mol. The summed E-state index contributed by atoms with van der Waals surface area (Å²) in [6.45, 7) is 3.59. The fourth-order valence-corrected chi connectivity index (χ4v) is 4.68. The lowest BCUT2D eigenvalue weighted by molar-refractivity contribution is -0.920.